The Labute approximate surface area is 151 Å². The molecule has 0 aromatic heterocycles. The van der Waals surface area contributed by atoms with Gasteiger partial charge in [0.1, 0.15) is 11.6 Å². The Bertz CT molecular complexity index is 890. The molecule has 3 rings (SSSR count). The fraction of sp³-hybridized carbons (Fsp3) is 0.176. The lowest BCUT2D eigenvalue weighted by Gasteiger charge is -2.14. The van der Waals surface area contributed by atoms with E-state index in [0.717, 1.165) is 12.1 Å². The zero-order chi connectivity index (χ0) is 18.8. The van der Waals surface area contributed by atoms with Crippen LogP contribution in [0.2, 0.25) is 5.02 Å². The summed E-state index contributed by atoms with van der Waals surface area (Å²) < 4.78 is 41.8. The van der Waals surface area contributed by atoms with Crippen molar-refractivity contribution < 1.29 is 32.6 Å². The van der Waals surface area contributed by atoms with Gasteiger partial charge in [0.2, 0.25) is 6.79 Å². The van der Waals surface area contributed by atoms with Gasteiger partial charge in [-0.05, 0) is 31.2 Å². The van der Waals surface area contributed by atoms with Crippen molar-refractivity contribution in [2.24, 2.45) is 0 Å². The summed E-state index contributed by atoms with van der Waals surface area (Å²) in [6.07, 6.45) is -1.24. The zero-order valence-electron chi connectivity index (χ0n) is 13.3. The molecule has 1 heterocycles. The average Bonchev–Trinajstić information content (AvgIpc) is 3.06. The summed E-state index contributed by atoms with van der Waals surface area (Å²) in [4.78, 5) is 24.2. The number of hydrogen-bond donors (Lipinski definition) is 1. The van der Waals surface area contributed by atoms with E-state index < -0.39 is 29.6 Å². The van der Waals surface area contributed by atoms with Crippen molar-refractivity contribution in [1.29, 1.82) is 0 Å². The summed E-state index contributed by atoms with van der Waals surface area (Å²) in [5.41, 5.74) is -0.169. The maximum atomic E-state index is 13.6. The van der Waals surface area contributed by atoms with Crippen molar-refractivity contribution in [2.45, 2.75) is 13.0 Å². The Morgan fingerprint density at radius 2 is 2.00 bits per heavy atom. The van der Waals surface area contributed by atoms with E-state index in [1.807, 2.05) is 0 Å². The summed E-state index contributed by atoms with van der Waals surface area (Å²) >= 11 is 5.99. The number of benzene rings is 2. The van der Waals surface area contributed by atoms with Crippen LogP contribution >= 0.6 is 11.6 Å². The van der Waals surface area contributed by atoms with E-state index in [-0.39, 0.29) is 28.8 Å². The van der Waals surface area contributed by atoms with E-state index in [9.17, 15) is 18.4 Å². The Hall–Kier alpha value is -2.87. The fourth-order valence-electron chi connectivity index (χ4n) is 2.19. The smallest absolute Gasteiger partial charge is 0.339 e. The quantitative estimate of drug-likeness (QED) is 0.818. The zero-order valence-corrected chi connectivity index (χ0v) is 14.1. The molecule has 2 aromatic carbocycles. The Morgan fingerprint density at radius 1 is 1.23 bits per heavy atom. The minimum Gasteiger partial charge on any atom is -0.454 e. The van der Waals surface area contributed by atoms with E-state index in [1.54, 1.807) is 0 Å². The van der Waals surface area contributed by atoms with Crippen LogP contribution in [0, 0.1) is 11.6 Å². The molecule has 0 fully saturated rings. The first-order chi connectivity index (χ1) is 12.3. The van der Waals surface area contributed by atoms with Gasteiger partial charge >= 0.3 is 5.97 Å². The lowest BCUT2D eigenvalue weighted by molar-refractivity contribution is -0.123. The van der Waals surface area contributed by atoms with Gasteiger partial charge in [-0.3, -0.25) is 4.79 Å². The van der Waals surface area contributed by atoms with Gasteiger partial charge in [-0.15, -0.1) is 0 Å². The highest BCUT2D eigenvalue weighted by Crippen LogP contribution is 2.39. The second kappa shape index (κ2) is 7.17. The average molecular weight is 384 g/mol. The fourth-order valence-corrected chi connectivity index (χ4v) is 2.46. The van der Waals surface area contributed by atoms with Crippen molar-refractivity contribution in [3.05, 3.63) is 52.6 Å². The van der Waals surface area contributed by atoms with Gasteiger partial charge in [-0.2, -0.15) is 0 Å². The van der Waals surface area contributed by atoms with Crippen LogP contribution in [-0.2, 0) is 9.53 Å². The number of esters is 1. The highest BCUT2D eigenvalue weighted by molar-refractivity contribution is 6.32. The van der Waals surface area contributed by atoms with Crippen LogP contribution in [0.1, 0.15) is 17.3 Å². The molecule has 2 aromatic rings. The molecule has 0 saturated carbocycles. The minimum absolute atomic E-state index is 0.0183. The molecular formula is C17H12ClF2NO5. The van der Waals surface area contributed by atoms with Gasteiger partial charge in [0.25, 0.3) is 5.91 Å². The van der Waals surface area contributed by atoms with Crippen molar-refractivity contribution in [2.75, 3.05) is 12.1 Å². The Kier molecular flexibility index (Phi) is 4.94. The SMILES string of the molecule is CC(OC(=O)c1cc(Cl)c2c(c1)OCO2)C(=O)Nc1ccc(F)cc1F. The monoisotopic (exact) mass is 383 g/mol. The maximum Gasteiger partial charge on any atom is 0.339 e. The predicted molar refractivity (Wildman–Crippen MR) is 87.4 cm³/mol. The molecule has 6 nitrogen and oxygen atoms in total. The highest BCUT2D eigenvalue weighted by Gasteiger charge is 2.24. The van der Waals surface area contributed by atoms with Crippen molar-refractivity contribution in [3.8, 4) is 11.5 Å². The predicted octanol–water partition coefficient (Wildman–Crippen LogP) is 3.53. The Balaban J connectivity index is 1.67. The molecule has 1 atom stereocenters. The third-order valence-corrected chi connectivity index (χ3v) is 3.79. The van der Waals surface area contributed by atoms with E-state index in [4.69, 9.17) is 25.8 Å². The molecule has 0 bridgehead atoms. The summed E-state index contributed by atoms with van der Waals surface area (Å²) in [6.45, 7) is 1.29. The summed E-state index contributed by atoms with van der Waals surface area (Å²) in [5.74, 6) is -2.72. The van der Waals surface area contributed by atoms with Crippen molar-refractivity contribution in [1.82, 2.24) is 0 Å². The second-order valence-electron chi connectivity index (χ2n) is 5.35. The largest absolute Gasteiger partial charge is 0.454 e. The molecule has 0 spiro atoms. The molecule has 9 heteroatoms. The van der Waals surface area contributed by atoms with Gasteiger partial charge < -0.3 is 19.5 Å². The van der Waals surface area contributed by atoms with Crippen molar-refractivity contribution >= 4 is 29.2 Å². The van der Waals surface area contributed by atoms with E-state index in [1.165, 1.54) is 19.1 Å². The second-order valence-corrected chi connectivity index (χ2v) is 5.76. The van der Waals surface area contributed by atoms with Crippen LogP contribution in [0.3, 0.4) is 0 Å². The topological polar surface area (TPSA) is 73.9 Å². The third kappa shape index (κ3) is 3.70. The van der Waals surface area contributed by atoms with Crippen LogP contribution < -0.4 is 14.8 Å². The van der Waals surface area contributed by atoms with Crippen LogP contribution in [-0.4, -0.2) is 24.8 Å². The first kappa shape index (κ1) is 17.9. The van der Waals surface area contributed by atoms with E-state index in [0.29, 0.717) is 11.8 Å². The molecule has 0 radical (unpaired) electrons. The van der Waals surface area contributed by atoms with Gasteiger partial charge in [-0.1, -0.05) is 11.6 Å². The number of carbonyl (C=O) groups excluding carboxylic acids is 2. The van der Waals surface area contributed by atoms with E-state index in [2.05, 4.69) is 5.32 Å². The molecule has 0 aliphatic carbocycles. The molecule has 0 saturated heterocycles. The normalized spacial score (nSPS) is 13.2. The van der Waals surface area contributed by atoms with Crippen molar-refractivity contribution in [3.63, 3.8) is 0 Å². The minimum atomic E-state index is -1.24. The highest BCUT2D eigenvalue weighted by atomic mass is 35.5. The first-order valence-corrected chi connectivity index (χ1v) is 7.79. The third-order valence-electron chi connectivity index (χ3n) is 3.50. The van der Waals surface area contributed by atoms with Crippen LogP contribution in [0.5, 0.6) is 11.5 Å². The van der Waals surface area contributed by atoms with Gasteiger partial charge in [0.15, 0.2) is 17.6 Å². The molecule has 1 N–H and O–H groups in total. The van der Waals surface area contributed by atoms with Crippen LogP contribution in [0.15, 0.2) is 30.3 Å². The maximum absolute atomic E-state index is 13.6. The first-order valence-electron chi connectivity index (χ1n) is 7.41. The molecule has 1 aliphatic heterocycles. The number of hydrogen-bond acceptors (Lipinski definition) is 5. The van der Waals surface area contributed by atoms with Crippen LogP contribution in [0.4, 0.5) is 14.5 Å². The number of halogens is 3. The molecule has 136 valence electrons. The molecule has 1 aliphatic rings. The summed E-state index contributed by atoms with van der Waals surface area (Å²) in [7, 11) is 0. The standard InChI is InChI=1S/C17H12ClF2NO5/c1-8(16(22)21-13-3-2-10(19)6-12(13)20)26-17(23)9-4-11(18)15-14(5-9)24-7-25-15/h2-6,8H,7H2,1H3,(H,21,22). The number of fused-ring (bicyclic) bond motifs is 1. The number of ether oxygens (including phenoxy) is 3. The summed E-state index contributed by atoms with van der Waals surface area (Å²) in [5, 5.41) is 2.38. The van der Waals surface area contributed by atoms with Crippen LogP contribution in [0.25, 0.3) is 0 Å². The molecule has 26 heavy (non-hydrogen) atoms. The van der Waals surface area contributed by atoms with Gasteiger partial charge in [0, 0.05) is 6.07 Å². The lowest BCUT2D eigenvalue weighted by Crippen LogP contribution is -2.30. The number of amides is 1. The Morgan fingerprint density at radius 3 is 2.73 bits per heavy atom. The number of nitrogens with one attached hydrogen (secondary N) is 1. The number of carbonyl (C=O) groups is 2. The van der Waals surface area contributed by atoms with E-state index >= 15 is 0 Å². The number of rotatable bonds is 4. The number of anilines is 1. The molecule has 1 unspecified atom stereocenters. The summed E-state index contributed by atoms with van der Waals surface area (Å²) in [6, 6.07) is 5.38. The lowest BCUT2D eigenvalue weighted by atomic mass is 10.2. The molecular weight excluding hydrogens is 372 g/mol. The molecule has 1 amide bonds. The van der Waals surface area contributed by atoms with Gasteiger partial charge in [-0.25, -0.2) is 13.6 Å². The van der Waals surface area contributed by atoms with Gasteiger partial charge in [0.05, 0.1) is 16.3 Å².